The summed E-state index contributed by atoms with van der Waals surface area (Å²) in [5.74, 6) is 1.46. The summed E-state index contributed by atoms with van der Waals surface area (Å²) < 4.78 is 5.13. The van der Waals surface area contributed by atoms with Crippen molar-refractivity contribution in [1.82, 2.24) is 4.98 Å². The van der Waals surface area contributed by atoms with Gasteiger partial charge in [0, 0.05) is 18.7 Å². The number of carbonyl (C=O) groups excluding carboxylic acids is 1. The lowest BCUT2D eigenvalue weighted by Crippen LogP contribution is -2.19. The summed E-state index contributed by atoms with van der Waals surface area (Å²) in [5, 5.41) is 2.85. The lowest BCUT2D eigenvalue weighted by molar-refractivity contribution is 0.102. The van der Waals surface area contributed by atoms with Gasteiger partial charge in [-0.15, -0.1) is 0 Å². The lowest BCUT2D eigenvalue weighted by atomic mass is 10.2. The highest BCUT2D eigenvalue weighted by molar-refractivity contribution is 6.04. The zero-order valence-electron chi connectivity index (χ0n) is 12.6. The van der Waals surface area contributed by atoms with E-state index in [9.17, 15) is 4.79 Å². The van der Waals surface area contributed by atoms with Gasteiger partial charge in [0.2, 0.25) is 0 Å². The smallest absolute Gasteiger partial charge is 0.255 e. The number of ether oxygens (including phenoxy) is 1. The molecule has 2 aromatic rings. The number of aromatic nitrogens is 1. The van der Waals surface area contributed by atoms with Crippen molar-refractivity contribution in [2.45, 2.75) is 12.8 Å². The van der Waals surface area contributed by atoms with Gasteiger partial charge in [0.25, 0.3) is 5.91 Å². The highest BCUT2D eigenvalue weighted by Gasteiger charge is 2.13. The van der Waals surface area contributed by atoms with Gasteiger partial charge in [-0.05, 0) is 43.2 Å². The largest absolute Gasteiger partial charge is 0.497 e. The molecule has 1 amide bonds. The first-order valence-electron chi connectivity index (χ1n) is 7.43. The van der Waals surface area contributed by atoms with E-state index >= 15 is 0 Å². The third-order valence-electron chi connectivity index (χ3n) is 3.77. The number of amides is 1. The Morgan fingerprint density at radius 3 is 2.73 bits per heavy atom. The van der Waals surface area contributed by atoms with Crippen molar-refractivity contribution in [3.63, 3.8) is 0 Å². The number of methoxy groups -OCH3 is 1. The summed E-state index contributed by atoms with van der Waals surface area (Å²) in [6.45, 7) is 2.12. The Bertz CT molecular complexity index is 649. The van der Waals surface area contributed by atoms with Crippen LogP contribution >= 0.6 is 0 Å². The Hall–Kier alpha value is -2.56. The maximum Gasteiger partial charge on any atom is 0.255 e. The predicted molar refractivity (Wildman–Crippen MR) is 86.6 cm³/mol. The zero-order chi connectivity index (χ0) is 15.4. The fourth-order valence-electron chi connectivity index (χ4n) is 2.56. The quantitative estimate of drug-likeness (QED) is 0.942. The minimum Gasteiger partial charge on any atom is -0.497 e. The Kier molecular flexibility index (Phi) is 4.23. The summed E-state index contributed by atoms with van der Waals surface area (Å²) >= 11 is 0. The van der Waals surface area contributed by atoms with Gasteiger partial charge in [0.05, 0.1) is 19.0 Å². The SMILES string of the molecule is COc1cccc(C(=O)Nc2ccc(N3CCCC3)nc2)c1. The van der Waals surface area contributed by atoms with Crippen LogP contribution in [0.25, 0.3) is 0 Å². The van der Waals surface area contributed by atoms with Crippen LogP contribution in [0.2, 0.25) is 0 Å². The molecule has 0 atom stereocenters. The number of hydrogen-bond donors (Lipinski definition) is 1. The fraction of sp³-hybridized carbons (Fsp3) is 0.294. The van der Waals surface area contributed by atoms with E-state index in [2.05, 4.69) is 15.2 Å². The molecule has 0 aliphatic carbocycles. The average molecular weight is 297 g/mol. The summed E-state index contributed by atoms with van der Waals surface area (Å²) in [6, 6.07) is 10.9. The molecule has 0 spiro atoms. The number of nitrogens with one attached hydrogen (secondary N) is 1. The van der Waals surface area contributed by atoms with Gasteiger partial charge < -0.3 is 15.0 Å². The molecule has 0 saturated carbocycles. The second kappa shape index (κ2) is 6.47. The molecule has 1 aliphatic rings. The van der Waals surface area contributed by atoms with Gasteiger partial charge in [-0.25, -0.2) is 4.98 Å². The van der Waals surface area contributed by atoms with Crippen molar-refractivity contribution in [2.75, 3.05) is 30.4 Å². The number of rotatable bonds is 4. The van der Waals surface area contributed by atoms with Gasteiger partial charge in [0.1, 0.15) is 11.6 Å². The molecular weight excluding hydrogens is 278 g/mol. The molecule has 2 heterocycles. The van der Waals surface area contributed by atoms with Crippen LogP contribution in [-0.2, 0) is 0 Å². The van der Waals surface area contributed by atoms with Gasteiger partial charge in [-0.2, -0.15) is 0 Å². The Labute approximate surface area is 129 Å². The van der Waals surface area contributed by atoms with Crippen LogP contribution in [0.5, 0.6) is 5.75 Å². The molecule has 3 rings (SSSR count). The zero-order valence-corrected chi connectivity index (χ0v) is 12.6. The van der Waals surface area contributed by atoms with E-state index in [0.29, 0.717) is 17.0 Å². The van der Waals surface area contributed by atoms with Crippen molar-refractivity contribution >= 4 is 17.4 Å². The normalized spacial score (nSPS) is 14.0. The van der Waals surface area contributed by atoms with E-state index in [1.54, 1.807) is 31.5 Å². The number of nitrogens with zero attached hydrogens (tertiary/aromatic N) is 2. The van der Waals surface area contributed by atoms with Crippen LogP contribution in [0.3, 0.4) is 0 Å². The summed E-state index contributed by atoms with van der Waals surface area (Å²) in [7, 11) is 1.58. The second-order valence-corrected chi connectivity index (χ2v) is 5.29. The van der Waals surface area contributed by atoms with Gasteiger partial charge in [-0.1, -0.05) is 6.07 Å². The average Bonchev–Trinajstić information content (AvgIpc) is 3.10. The van der Waals surface area contributed by atoms with E-state index in [1.807, 2.05) is 18.2 Å². The molecule has 0 unspecified atom stereocenters. The molecule has 22 heavy (non-hydrogen) atoms. The lowest BCUT2D eigenvalue weighted by Gasteiger charge is -2.16. The molecule has 114 valence electrons. The molecule has 1 aromatic carbocycles. The molecule has 5 heteroatoms. The maximum atomic E-state index is 12.2. The molecule has 1 aromatic heterocycles. The first kappa shape index (κ1) is 14.4. The molecule has 1 aliphatic heterocycles. The first-order valence-corrected chi connectivity index (χ1v) is 7.43. The van der Waals surface area contributed by atoms with Crippen LogP contribution < -0.4 is 15.0 Å². The van der Waals surface area contributed by atoms with Crippen molar-refractivity contribution in [1.29, 1.82) is 0 Å². The highest BCUT2D eigenvalue weighted by Crippen LogP contribution is 2.20. The third-order valence-corrected chi connectivity index (χ3v) is 3.77. The van der Waals surface area contributed by atoms with Crippen molar-refractivity contribution in [3.05, 3.63) is 48.2 Å². The molecule has 0 radical (unpaired) electrons. The number of pyridine rings is 1. The van der Waals surface area contributed by atoms with Gasteiger partial charge in [0.15, 0.2) is 0 Å². The Morgan fingerprint density at radius 1 is 1.23 bits per heavy atom. The minimum absolute atomic E-state index is 0.172. The van der Waals surface area contributed by atoms with Crippen LogP contribution in [0.4, 0.5) is 11.5 Å². The van der Waals surface area contributed by atoms with Crippen molar-refractivity contribution < 1.29 is 9.53 Å². The van der Waals surface area contributed by atoms with E-state index in [0.717, 1.165) is 18.9 Å². The van der Waals surface area contributed by atoms with E-state index in [-0.39, 0.29) is 5.91 Å². The summed E-state index contributed by atoms with van der Waals surface area (Å²) in [6.07, 6.45) is 4.14. The van der Waals surface area contributed by atoms with Crippen LogP contribution in [0.1, 0.15) is 23.2 Å². The van der Waals surface area contributed by atoms with Gasteiger partial charge >= 0.3 is 0 Å². The number of carbonyl (C=O) groups is 1. The number of anilines is 2. The monoisotopic (exact) mass is 297 g/mol. The summed E-state index contributed by atoms with van der Waals surface area (Å²) in [4.78, 5) is 18.9. The van der Waals surface area contributed by atoms with Crippen molar-refractivity contribution in [2.24, 2.45) is 0 Å². The third kappa shape index (κ3) is 3.19. The highest BCUT2D eigenvalue weighted by atomic mass is 16.5. The predicted octanol–water partition coefficient (Wildman–Crippen LogP) is 2.94. The van der Waals surface area contributed by atoms with Crippen LogP contribution in [0.15, 0.2) is 42.6 Å². The molecular formula is C17H19N3O2. The second-order valence-electron chi connectivity index (χ2n) is 5.29. The summed E-state index contributed by atoms with van der Waals surface area (Å²) in [5.41, 5.74) is 1.25. The molecule has 5 nitrogen and oxygen atoms in total. The maximum absolute atomic E-state index is 12.2. The molecule has 1 N–H and O–H groups in total. The van der Waals surface area contributed by atoms with E-state index < -0.39 is 0 Å². The molecule has 1 saturated heterocycles. The Balaban J connectivity index is 1.68. The van der Waals surface area contributed by atoms with Gasteiger partial charge in [-0.3, -0.25) is 4.79 Å². The van der Waals surface area contributed by atoms with Crippen LogP contribution in [0, 0.1) is 0 Å². The number of benzene rings is 1. The Morgan fingerprint density at radius 2 is 2.05 bits per heavy atom. The van der Waals surface area contributed by atoms with Crippen LogP contribution in [-0.4, -0.2) is 31.1 Å². The number of hydrogen-bond acceptors (Lipinski definition) is 4. The topological polar surface area (TPSA) is 54.5 Å². The first-order chi connectivity index (χ1) is 10.8. The molecule has 0 bridgehead atoms. The van der Waals surface area contributed by atoms with E-state index in [4.69, 9.17) is 4.74 Å². The molecule has 1 fully saturated rings. The minimum atomic E-state index is -0.172. The standard InChI is InChI=1S/C17H19N3O2/c1-22-15-6-4-5-13(11-15)17(21)19-14-7-8-16(18-12-14)20-9-2-3-10-20/h4-8,11-12H,2-3,9-10H2,1H3,(H,19,21). The van der Waals surface area contributed by atoms with E-state index in [1.165, 1.54) is 12.8 Å². The fourth-order valence-corrected chi connectivity index (χ4v) is 2.56. The van der Waals surface area contributed by atoms with Crippen molar-refractivity contribution in [3.8, 4) is 5.75 Å².